The van der Waals surface area contributed by atoms with Crippen LogP contribution in [0, 0.1) is 19.8 Å². The molecule has 1 aliphatic rings. The Balaban J connectivity index is 1.62. The standard InChI is InChI=1S/C22H26N4O3/c1-13(2)7-17-11-25(12-20-24-23-15(4)26(17)20)21(27)9-16-10-22(28)29-19-8-14(3)5-6-18(16)19/h5-6,8,10,13,17H,7,9,11-12H2,1-4H3/t17-/m0/s1. The summed E-state index contributed by atoms with van der Waals surface area (Å²) in [5.74, 6) is 2.19. The van der Waals surface area contributed by atoms with Crippen molar-refractivity contribution >= 4 is 16.9 Å². The fraction of sp³-hybridized carbons (Fsp3) is 0.455. The maximum Gasteiger partial charge on any atom is 0.336 e. The summed E-state index contributed by atoms with van der Waals surface area (Å²) in [6.07, 6.45) is 1.11. The summed E-state index contributed by atoms with van der Waals surface area (Å²) >= 11 is 0. The molecule has 0 saturated heterocycles. The van der Waals surface area contributed by atoms with Gasteiger partial charge in [0.1, 0.15) is 11.4 Å². The molecule has 0 spiro atoms. The molecule has 0 radical (unpaired) electrons. The first kappa shape index (κ1) is 19.4. The van der Waals surface area contributed by atoms with Gasteiger partial charge in [-0.2, -0.15) is 0 Å². The molecule has 7 heteroatoms. The Morgan fingerprint density at radius 3 is 2.79 bits per heavy atom. The van der Waals surface area contributed by atoms with E-state index < -0.39 is 5.63 Å². The maximum absolute atomic E-state index is 13.2. The lowest BCUT2D eigenvalue weighted by Crippen LogP contribution is -2.42. The van der Waals surface area contributed by atoms with E-state index in [0.29, 0.717) is 30.2 Å². The molecule has 0 N–H and O–H groups in total. The lowest BCUT2D eigenvalue weighted by Gasteiger charge is -2.35. The average molecular weight is 394 g/mol. The van der Waals surface area contributed by atoms with Crippen molar-refractivity contribution < 1.29 is 9.21 Å². The van der Waals surface area contributed by atoms with Crippen LogP contribution in [0.2, 0.25) is 0 Å². The van der Waals surface area contributed by atoms with Crippen molar-refractivity contribution in [1.82, 2.24) is 19.7 Å². The molecule has 1 aliphatic heterocycles. The van der Waals surface area contributed by atoms with Crippen LogP contribution in [0.15, 0.2) is 33.5 Å². The highest BCUT2D eigenvalue weighted by atomic mass is 16.4. The summed E-state index contributed by atoms with van der Waals surface area (Å²) in [5.41, 5.74) is 1.79. The molecule has 0 fully saturated rings. The van der Waals surface area contributed by atoms with E-state index in [0.717, 1.165) is 29.0 Å². The lowest BCUT2D eigenvalue weighted by molar-refractivity contribution is -0.132. The van der Waals surface area contributed by atoms with Crippen LogP contribution in [0.5, 0.6) is 0 Å². The van der Waals surface area contributed by atoms with Crippen LogP contribution in [0.3, 0.4) is 0 Å². The number of hydrogen-bond donors (Lipinski definition) is 0. The van der Waals surface area contributed by atoms with Crippen molar-refractivity contribution in [3.63, 3.8) is 0 Å². The van der Waals surface area contributed by atoms with Gasteiger partial charge >= 0.3 is 5.63 Å². The van der Waals surface area contributed by atoms with Crippen LogP contribution >= 0.6 is 0 Å². The number of nitrogens with zero attached hydrogens (tertiary/aromatic N) is 4. The molecule has 0 bridgehead atoms. The minimum Gasteiger partial charge on any atom is -0.423 e. The monoisotopic (exact) mass is 394 g/mol. The third-order valence-corrected chi connectivity index (χ3v) is 5.49. The summed E-state index contributed by atoms with van der Waals surface area (Å²) < 4.78 is 7.48. The smallest absolute Gasteiger partial charge is 0.336 e. The van der Waals surface area contributed by atoms with E-state index in [1.165, 1.54) is 6.07 Å². The third kappa shape index (κ3) is 3.81. The zero-order valence-electron chi connectivity index (χ0n) is 17.3. The van der Waals surface area contributed by atoms with E-state index >= 15 is 0 Å². The molecule has 0 aliphatic carbocycles. The Kier molecular flexibility index (Phi) is 4.98. The molecule has 2 aromatic heterocycles. The molecule has 7 nitrogen and oxygen atoms in total. The minimum atomic E-state index is -0.433. The summed E-state index contributed by atoms with van der Waals surface area (Å²) in [6, 6.07) is 7.29. The van der Waals surface area contributed by atoms with Crippen LogP contribution in [-0.2, 0) is 17.8 Å². The number of benzene rings is 1. The molecule has 3 aromatic rings. The summed E-state index contributed by atoms with van der Waals surface area (Å²) in [6.45, 7) is 9.32. The van der Waals surface area contributed by atoms with Crippen LogP contribution in [0.25, 0.3) is 11.0 Å². The Labute approximate surface area is 169 Å². The number of amides is 1. The van der Waals surface area contributed by atoms with Gasteiger partial charge in [0.15, 0.2) is 5.82 Å². The summed E-state index contributed by atoms with van der Waals surface area (Å²) in [7, 11) is 0. The second-order valence-electron chi connectivity index (χ2n) is 8.36. The van der Waals surface area contributed by atoms with E-state index in [9.17, 15) is 9.59 Å². The molecule has 4 rings (SSSR count). The summed E-state index contributed by atoms with van der Waals surface area (Å²) in [4.78, 5) is 27.0. The van der Waals surface area contributed by atoms with E-state index in [4.69, 9.17) is 4.42 Å². The van der Waals surface area contributed by atoms with Crippen LogP contribution in [0.1, 0.15) is 49.1 Å². The van der Waals surface area contributed by atoms with Crippen LogP contribution in [0.4, 0.5) is 0 Å². The summed E-state index contributed by atoms with van der Waals surface area (Å²) in [5, 5.41) is 9.30. The zero-order valence-corrected chi connectivity index (χ0v) is 17.3. The largest absolute Gasteiger partial charge is 0.423 e. The fourth-order valence-electron chi connectivity index (χ4n) is 4.24. The van der Waals surface area contributed by atoms with Gasteiger partial charge in [0, 0.05) is 18.0 Å². The van der Waals surface area contributed by atoms with Gasteiger partial charge in [0.25, 0.3) is 0 Å². The molecule has 29 heavy (non-hydrogen) atoms. The van der Waals surface area contributed by atoms with Crippen molar-refractivity contribution in [3.05, 3.63) is 57.5 Å². The molecule has 1 amide bonds. The highest BCUT2D eigenvalue weighted by Crippen LogP contribution is 2.28. The van der Waals surface area contributed by atoms with E-state index in [2.05, 4.69) is 28.6 Å². The molecule has 152 valence electrons. The molecule has 0 unspecified atom stereocenters. The molecular formula is C22H26N4O3. The van der Waals surface area contributed by atoms with Crippen molar-refractivity contribution in [2.24, 2.45) is 5.92 Å². The number of aryl methyl sites for hydroxylation is 2. The topological polar surface area (TPSA) is 81.2 Å². The van der Waals surface area contributed by atoms with E-state index in [1.807, 2.05) is 36.9 Å². The number of aromatic nitrogens is 3. The Hall–Kier alpha value is -2.96. The second-order valence-corrected chi connectivity index (χ2v) is 8.36. The predicted molar refractivity (Wildman–Crippen MR) is 110 cm³/mol. The van der Waals surface area contributed by atoms with Gasteiger partial charge in [-0.1, -0.05) is 26.0 Å². The molecular weight excluding hydrogens is 368 g/mol. The number of fused-ring (bicyclic) bond motifs is 2. The van der Waals surface area contributed by atoms with Gasteiger partial charge in [0.2, 0.25) is 5.91 Å². The SMILES string of the molecule is Cc1ccc2c(CC(=O)N3Cc4nnc(C)n4[C@@H](CC(C)C)C3)cc(=O)oc2c1. The average Bonchev–Trinajstić information content (AvgIpc) is 3.02. The zero-order chi connectivity index (χ0) is 20.7. The van der Waals surface area contributed by atoms with Gasteiger partial charge in [-0.3, -0.25) is 4.79 Å². The van der Waals surface area contributed by atoms with Crippen molar-refractivity contribution in [3.8, 4) is 0 Å². The second kappa shape index (κ2) is 7.46. The van der Waals surface area contributed by atoms with Gasteiger partial charge in [-0.25, -0.2) is 4.79 Å². The highest BCUT2D eigenvalue weighted by Gasteiger charge is 2.31. The quantitative estimate of drug-likeness (QED) is 0.635. The third-order valence-electron chi connectivity index (χ3n) is 5.49. The number of hydrogen-bond acceptors (Lipinski definition) is 5. The molecule has 1 atom stereocenters. The first-order chi connectivity index (χ1) is 13.8. The molecule has 3 heterocycles. The van der Waals surface area contributed by atoms with Gasteiger partial charge in [-0.05, 0) is 43.4 Å². The van der Waals surface area contributed by atoms with E-state index in [-0.39, 0.29) is 18.4 Å². The normalized spacial score (nSPS) is 16.4. The van der Waals surface area contributed by atoms with E-state index in [1.54, 1.807) is 0 Å². The van der Waals surface area contributed by atoms with Crippen molar-refractivity contribution in [2.45, 2.75) is 53.1 Å². The van der Waals surface area contributed by atoms with Gasteiger partial charge in [0.05, 0.1) is 19.0 Å². The first-order valence-corrected chi connectivity index (χ1v) is 10.0. The van der Waals surface area contributed by atoms with Crippen LogP contribution < -0.4 is 5.63 Å². The lowest BCUT2D eigenvalue weighted by atomic mass is 10.0. The number of carbonyl (C=O) groups excluding carboxylic acids is 1. The highest BCUT2D eigenvalue weighted by molar-refractivity contribution is 5.87. The molecule has 1 aromatic carbocycles. The van der Waals surface area contributed by atoms with Gasteiger partial charge < -0.3 is 13.9 Å². The van der Waals surface area contributed by atoms with Crippen molar-refractivity contribution in [2.75, 3.05) is 6.54 Å². The predicted octanol–water partition coefficient (Wildman–Crippen LogP) is 3.17. The van der Waals surface area contributed by atoms with Crippen LogP contribution in [-0.4, -0.2) is 32.1 Å². The van der Waals surface area contributed by atoms with Gasteiger partial charge in [-0.15, -0.1) is 10.2 Å². The minimum absolute atomic E-state index is 0.0156. The van der Waals surface area contributed by atoms with Crippen molar-refractivity contribution in [1.29, 1.82) is 0 Å². The Morgan fingerprint density at radius 2 is 2.03 bits per heavy atom. The number of carbonyl (C=O) groups is 1. The Bertz CT molecular complexity index is 1130. The first-order valence-electron chi connectivity index (χ1n) is 10.0. The number of rotatable bonds is 4. The fourth-order valence-corrected chi connectivity index (χ4v) is 4.24. The maximum atomic E-state index is 13.2. The molecule has 0 saturated carbocycles. The Morgan fingerprint density at radius 1 is 1.24 bits per heavy atom.